The minimum Gasteiger partial charge on any atom is -0.496 e. The molecule has 0 saturated carbocycles. The molecule has 112 valence electrons. The first-order valence-corrected chi connectivity index (χ1v) is 6.91. The summed E-state index contributed by atoms with van der Waals surface area (Å²) < 4.78 is 10.7. The molecule has 4 heteroatoms. The summed E-state index contributed by atoms with van der Waals surface area (Å²) in [6.07, 6.45) is 2.11. The normalized spacial score (nSPS) is 12.2. The van der Waals surface area contributed by atoms with Gasteiger partial charge in [0, 0.05) is 18.7 Å². The van der Waals surface area contributed by atoms with Crippen molar-refractivity contribution in [2.24, 2.45) is 0 Å². The Hall–Kier alpha value is -1.36. The van der Waals surface area contributed by atoms with Crippen LogP contribution in [0.5, 0.6) is 5.75 Å². The van der Waals surface area contributed by atoms with Gasteiger partial charge in [-0.1, -0.05) is 17.7 Å². The van der Waals surface area contributed by atoms with Crippen LogP contribution in [0.25, 0.3) is 0 Å². The first-order chi connectivity index (χ1) is 9.69. The molecule has 0 bridgehead atoms. The SMILES string of the molecule is C=CCCOCCNCC(O)c1cc(C)ccc1OC. The second-order valence-electron chi connectivity index (χ2n) is 4.66. The molecule has 0 heterocycles. The van der Waals surface area contributed by atoms with Crippen molar-refractivity contribution in [3.05, 3.63) is 42.0 Å². The zero-order chi connectivity index (χ0) is 14.8. The van der Waals surface area contributed by atoms with E-state index in [1.165, 1.54) is 0 Å². The fourth-order valence-corrected chi connectivity index (χ4v) is 1.88. The maximum atomic E-state index is 10.2. The summed E-state index contributed by atoms with van der Waals surface area (Å²) in [5.74, 6) is 0.715. The smallest absolute Gasteiger partial charge is 0.124 e. The van der Waals surface area contributed by atoms with Crippen LogP contribution in [0.1, 0.15) is 23.7 Å². The number of rotatable bonds is 10. The van der Waals surface area contributed by atoms with Crippen LogP contribution in [0.15, 0.2) is 30.9 Å². The van der Waals surface area contributed by atoms with Crippen LogP contribution in [-0.2, 0) is 4.74 Å². The lowest BCUT2D eigenvalue weighted by Crippen LogP contribution is -2.25. The van der Waals surface area contributed by atoms with Crippen molar-refractivity contribution >= 4 is 0 Å². The molecule has 1 aromatic rings. The highest BCUT2D eigenvalue weighted by Gasteiger charge is 2.12. The van der Waals surface area contributed by atoms with E-state index in [1.54, 1.807) is 7.11 Å². The van der Waals surface area contributed by atoms with Gasteiger partial charge in [0.2, 0.25) is 0 Å². The van der Waals surface area contributed by atoms with Gasteiger partial charge in [-0.3, -0.25) is 0 Å². The summed E-state index contributed by atoms with van der Waals surface area (Å²) in [7, 11) is 1.61. The molecule has 0 radical (unpaired) electrons. The number of ether oxygens (including phenoxy) is 2. The summed E-state index contributed by atoms with van der Waals surface area (Å²) in [5.41, 5.74) is 1.92. The summed E-state index contributed by atoms with van der Waals surface area (Å²) in [6.45, 7) is 8.14. The highest BCUT2D eigenvalue weighted by molar-refractivity contribution is 5.38. The third-order valence-electron chi connectivity index (χ3n) is 2.97. The molecule has 0 spiro atoms. The molecule has 4 nitrogen and oxygen atoms in total. The van der Waals surface area contributed by atoms with E-state index in [0.29, 0.717) is 32.1 Å². The molecule has 0 amide bonds. The maximum absolute atomic E-state index is 10.2. The van der Waals surface area contributed by atoms with Crippen LogP contribution in [0.2, 0.25) is 0 Å². The van der Waals surface area contributed by atoms with Gasteiger partial charge in [-0.05, 0) is 25.5 Å². The lowest BCUT2D eigenvalue weighted by Gasteiger charge is -2.16. The number of benzene rings is 1. The van der Waals surface area contributed by atoms with Crippen molar-refractivity contribution in [3.63, 3.8) is 0 Å². The number of aliphatic hydroxyl groups excluding tert-OH is 1. The Morgan fingerprint density at radius 3 is 2.90 bits per heavy atom. The first-order valence-electron chi connectivity index (χ1n) is 6.91. The van der Waals surface area contributed by atoms with Crippen LogP contribution < -0.4 is 10.1 Å². The predicted octanol–water partition coefficient (Wildman–Crippen LogP) is 2.22. The third-order valence-corrected chi connectivity index (χ3v) is 2.97. The molecule has 1 rings (SSSR count). The van der Waals surface area contributed by atoms with Crippen molar-refractivity contribution in [3.8, 4) is 5.75 Å². The van der Waals surface area contributed by atoms with E-state index < -0.39 is 6.10 Å². The molecular weight excluding hydrogens is 254 g/mol. The molecule has 0 aliphatic rings. The van der Waals surface area contributed by atoms with E-state index in [0.717, 1.165) is 17.5 Å². The van der Waals surface area contributed by atoms with Crippen molar-refractivity contribution in [2.45, 2.75) is 19.4 Å². The Morgan fingerprint density at radius 2 is 2.20 bits per heavy atom. The maximum Gasteiger partial charge on any atom is 0.124 e. The number of aliphatic hydroxyl groups is 1. The van der Waals surface area contributed by atoms with Gasteiger partial charge >= 0.3 is 0 Å². The quantitative estimate of drug-likeness (QED) is 0.509. The lowest BCUT2D eigenvalue weighted by molar-refractivity contribution is 0.130. The van der Waals surface area contributed by atoms with Crippen LogP contribution >= 0.6 is 0 Å². The highest BCUT2D eigenvalue weighted by Crippen LogP contribution is 2.25. The van der Waals surface area contributed by atoms with Gasteiger partial charge in [-0.25, -0.2) is 0 Å². The number of hydrogen-bond acceptors (Lipinski definition) is 4. The average molecular weight is 279 g/mol. The highest BCUT2D eigenvalue weighted by atomic mass is 16.5. The van der Waals surface area contributed by atoms with Crippen LogP contribution in [0.3, 0.4) is 0 Å². The van der Waals surface area contributed by atoms with Crippen molar-refractivity contribution in [2.75, 3.05) is 33.4 Å². The Labute approximate surface area is 121 Å². The van der Waals surface area contributed by atoms with Gasteiger partial charge in [-0.15, -0.1) is 6.58 Å². The first kappa shape index (κ1) is 16.7. The van der Waals surface area contributed by atoms with E-state index in [9.17, 15) is 5.11 Å². The molecule has 0 aliphatic carbocycles. The molecule has 0 fully saturated rings. The topological polar surface area (TPSA) is 50.7 Å². The van der Waals surface area contributed by atoms with E-state index in [4.69, 9.17) is 9.47 Å². The largest absolute Gasteiger partial charge is 0.496 e. The molecule has 1 unspecified atom stereocenters. The fourth-order valence-electron chi connectivity index (χ4n) is 1.88. The summed E-state index contributed by atoms with van der Waals surface area (Å²) >= 11 is 0. The Balaban J connectivity index is 2.33. The monoisotopic (exact) mass is 279 g/mol. The fraction of sp³-hybridized carbons (Fsp3) is 0.500. The van der Waals surface area contributed by atoms with E-state index >= 15 is 0 Å². The molecule has 0 aliphatic heterocycles. The van der Waals surface area contributed by atoms with Gasteiger partial charge in [0.25, 0.3) is 0 Å². The van der Waals surface area contributed by atoms with Gasteiger partial charge in [0.1, 0.15) is 5.75 Å². The molecule has 0 aromatic heterocycles. The van der Waals surface area contributed by atoms with Crippen molar-refractivity contribution < 1.29 is 14.6 Å². The minimum absolute atomic E-state index is 0.477. The Morgan fingerprint density at radius 1 is 1.40 bits per heavy atom. The molecular formula is C16H25NO3. The van der Waals surface area contributed by atoms with Gasteiger partial charge in [0.15, 0.2) is 0 Å². The Kier molecular flexibility index (Phi) is 7.95. The second kappa shape index (κ2) is 9.53. The average Bonchev–Trinajstić information content (AvgIpc) is 2.46. The molecule has 0 saturated heterocycles. The molecule has 2 N–H and O–H groups in total. The Bertz CT molecular complexity index is 407. The number of hydrogen-bond donors (Lipinski definition) is 2. The van der Waals surface area contributed by atoms with Gasteiger partial charge in [-0.2, -0.15) is 0 Å². The van der Waals surface area contributed by atoms with Crippen molar-refractivity contribution in [1.82, 2.24) is 5.32 Å². The van der Waals surface area contributed by atoms with Crippen LogP contribution in [0, 0.1) is 6.92 Å². The van der Waals surface area contributed by atoms with E-state index in [2.05, 4.69) is 11.9 Å². The van der Waals surface area contributed by atoms with Gasteiger partial charge < -0.3 is 19.9 Å². The van der Waals surface area contributed by atoms with Crippen molar-refractivity contribution in [1.29, 1.82) is 0 Å². The zero-order valence-corrected chi connectivity index (χ0v) is 12.4. The number of aryl methyl sites for hydroxylation is 1. The third kappa shape index (κ3) is 5.74. The van der Waals surface area contributed by atoms with E-state index in [-0.39, 0.29) is 0 Å². The number of nitrogens with one attached hydrogen (secondary N) is 1. The molecule has 1 atom stereocenters. The zero-order valence-electron chi connectivity index (χ0n) is 12.4. The number of methoxy groups -OCH3 is 1. The lowest BCUT2D eigenvalue weighted by atomic mass is 10.1. The molecule has 1 aromatic carbocycles. The van der Waals surface area contributed by atoms with Crippen LogP contribution in [-0.4, -0.2) is 38.5 Å². The minimum atomic E-state index is -0.585. The summed E-state index contributed by atoms with van der Waals surface area (Å²) in [6, 6.07) is 5.80. The summed E-state index contributed by atoms with van der Waals surface area (Å²) in [4.78, 5) is 0. The standard InChI is InChI=1S/C16H25NO3/c1-4-5-9-20-10-8-17-12-15(18)14-11-13(2)6-7-16(14)19-3/h4,6-7,11,15,17-18H,1,5,8-10,12H2,2-3H3. The molecule has 20 heavy (non-hydrogen) atoms. The van der Waals surface area contributed by atoms with Crippen LogP contribution in [0.4, 0.5) is 0 Å². The van der Waals surface area contributed by atoms with Gasteiger partial charge in [0.05, 0.1) is 26.4 Å². The second-order valence-corrected chi connectivity index (χ2v) is 4.66. The summed E-state index contributed by atoms with van der Waals surface area (Å²) in [5, 5.41) is 13.4. The van der Waals surface area contributed by atoms with E-state index in [1.807, 2.05) is 31.2 Å². The predicted molar refractivity (Wildman–Crippen MR) is 81.2 cm³/mol.